The highest BCUT2D eigenvalue weighted by molar-refractivity contribution is 5.65. The minimum Gasteiger partial charge on any atom is -0.465 e. The molecule has 1 N–H and O–H groups in total. The minimum atomic E-state index is -0.898. The molecule has 0 aliphatic carbocycles. The fourth-order valence-corrected chi connectivity index (χ4v) is 1.56. The Hall–Kier alpha value is -2.11. The molecule has 0 radical (unpaired) electrons. The molecule has 1 rings (SSSR count). The zero-order valence-corrected chi connectivity index (χ0v) is 11.6. The Bertz CT molecular complexity index is 446. The number of amides is 1. The second-order valence-electron chi connectivity index (χ2n) is 4.32. The van der Waals surface area contributed by atoms with Crippen molar-refractivity contribution in [2.45, 2.75) is 13.3 Å². The lowest BCUT2D eigenvalue weighted by molar-refractivity contribution is 0.148. The van der Waals surface area contributed by atoms with E-state index in [0.717, 1.165) is 11.3 Å². The molecule has 1 heterocycles. The van der Waals surface area contributed by atoms with Gasteiger partial charge in [-0.3, -0.25) is 4.98 Å². The van der Waals surface area contributed by atoms with Gasteiger partial charge in [-0.2, -0.15) is 0 Å². The Morgan fingerprint density at radius 1 is 1.53 bits per heavy atom. The van der Waals surface area contributed by atoms with Gasteiger partial charge < -0.3 is 14.9 Å². The molecule has 1 aromatic heterocycles. The molecular weight excluding hydrogens is 244 g/mol. The van der Waals surface area contributed by atoms with Crippen molar-refractivity contribution in [1.82, 2.24) is 14.8 Å². The SMILES string of the molecule is CCN(CCc1cnccc1N=CN(C)C)C(=O)O. The predicted molar refractivity (Wildman–Crippen MR) is 75.1 cm³/mol. The Labute approximate surface area is 113 Å². The van der Waals surface area contributed by atoms with Gasteiger partial charge in [0.25, 0.3) is 0 Å². The molecule has 0 saturated heterocycles. The van der Waals surface area contributed by atoms with Crippen LogP contribution in [0.3, 0.4) is 0 Å². The monoisotopic (exact) mass is 264 g/mol. The van der Waals surface area contributed by atoms with E-state index in [1.807, 2.05) is 32.0 Å². The molecule has 6 heteroatoms. The fraction of sp³-hybridized carbons (Fsp3) is 0.462. The Kier molecular flexibility index (Phi) is 5.78. The second kappa shape index (κ2) is 7.35. The summed E-state index contributed by atoms with van der Waals surface area (Å²) in [5.74, 6) is 0. The van der Waals surface area contributed by atoms with E-state index in [1.54, 1.807) is 18.7 Å². The average Bonchev–Trinajstić information content (AvgIpc) is 2.37. The molecule has 0 saturated carbocycles. The number of rotatable bonds is 6. The molecule has 0 spiro atoms. The van der Waals surface area contributed by atoms with E-state index < -0.39 is 6.09 Å². The van der Waals surface area contributed by atoms with E-state index in [1.165, 1.54) is 4.90 Å². The predicted octanol–water partition coefficient (Wildman–Crippen LogP) is 1.85. The van der Waals surface area contributed by atoms with Crippen LogP contribution in [0, 0.1) is 0 Å². The van der Waals surface area contributed by atoms with Gasteiger partial charge in [0, 0.05) is 39.6 Å². The Balaban J connectivity index is 2.75. The number of aliphatic imine (C=N–C) groups is 1. The number of carboxylic acid groups (broad SMARTS) is 1. The zero-order valence-electron chi connectivity index (χ0n) is 11.6. The molecule has 1 amide bonds. The maximum absolute atomic E-state index is 10.9. The highest BCUT2D eigenvalue weighted by Crippen LogP contribution is 2.17. The van der Waals surface area contributed by atoms with Gasteiger partial charge in [0.05, 0.1) is 12.0 Å². The first-order chi connectivity index (χ1) is 9.04. The van der Waals surface area contributed by atoms with Crippen LogP contribution in [-0.2, 0) is 6.42 Å². The van der Waals surface area contributed by atoms with Crippen LogP contribution in [-0.4, -0.2) is 59.5 Å². The van der Waals surface area contributed by atoms with Gasteiger partial charge in [-0.25, -0.2) is 9.79 Å². The van der Waals surface area contributed by atoms with Gasteiger partial charge in [-0.15, -0.1) is 0 Å². The Morgan fingerprint density at radius 3 is 2.84 bits per heavy atom. The topological polar surface area (TPSA) is 69.0 Å². The molecule has 0 aromatic carbocycles. The van der Waals surface area contributed by atoms with Crippen molar-refractivity contribution < 1.29 is 9.90 Å². The van der Waals surface area contributed by atoms with Crippen molar-refractivity contribution in [3.63, 3.8) is 0 Å². The summed E-state index contributed by atoms with van der Waals surface area (Å²) in [6.07, 6.45) is 4.84. The van der Waals surface area contributed by atoms with Gasteiger partial charge in [0.2, 0.25) is 0 Å². The normalized spacial score (nSPS) is 10.7. The number of hydrogen-bond donors (Lipinski definition) is 1. The quantitative estimate of drug-likeness (QED) is 0.629. The number of nitrogens with zero attached hydrogens (tertiary/aromatic N) is 4. The third-order valence-electron chi connectivity index (χ3n) is 2.61. The fourth-order valence-electron chi connectivity index (χ4n) is 1.56. The van der Waals surface area contributed by atoms with Crippen LogP contribution >= 0.6 is 0 Å². The number of carbonyl (C=O) groups is 1. The van der Waals surface area contributed by atoms with Crippen molar-refractivity contribution in [2.24, 2.45) is 4.99 Å². The van der Waals surface area contributed by atoms with Crippen LogP contribution in [0.2, 0.25) is 0 Å². The summed E-state index contributed by atoms with van der Waals surface area (Å²) >= 11 is 0. The number of pyridine rings is 1. The first-order valence-corrected chi connectivity index (χ1v) is 6.16. The van der Waals surface area contributed by atoms with E-state index in [4.69, 9.17) is 5.11 Å². The molecule has 19 heavy (non-hydrogen) atoms. The first kappa shape index (κ1) is 14.9. The van der Waals surface area contributed by atoms with Gasteiger partial charge in [-0.1, -0.05) is 0 Å². The van der Waals surface area contributed by atoms with E-state index >= 15 is 0 Å². The molecule has 1 aromatic rings. The van der Waals surface area contributed by atoms with Crippen LogP contribution in [0.4, 0.5) is 10.5 Å². The standard InChI is InChI=1S/C13H20N4O2/c1-4-17(13(18)19)8-6-11-9-14-7-5-12(11)15-10-16(2)3/h5,7,9-10H,4,6,8H2,1-3H3,(H,18,19). The van der Waals surface area contributed by atoms with Crippen LogP contribution in [0.5, 0.6) is 0 Å². The number of aromatic nitrogens is 1. The molecule has 0 atom stereocenters. The smallest absolute Gasteiger partial charge is 0.407 e. The van der Waals surface area contributed by atoms with Crippen LogP contribution in [0.1, 0.15) is 12.5 Å². The number of likely N-dealkylation sites (N-methyl/N-ethyl adjacent to an activating group) is 1. The van der Waals surface area contributed by atoms with Crippen molar-refractivity contribution in [2.75, 3.05) is 27.2 Å². The lowest BCUT2D eigenvalue weighted by Crippen LogP contribution is -2.31. The highest BCUT2D eigenvalue weighted by atomic mass is 16.4. The van der Waals surface area contributed by atoms with Crippen LogP contribution < -0.4 is 0 Å². The summed E-state index contributed by atoms with van der Waals surface area (Å²) in [6, 6.07) is 1.83. The Morgan fingerprint density at radius 2 is 2.26 bits per heavy atom. The maximum atomic E-state index is 10.9. The summed E-state index contributed by atoms with van der Waals surface area (Å²) in [5, 5.41) is 8.97. The second-order valence-corrected chi connectivity index (χ2v) is 4.32. The minimum absolute atomic E-state index is 0.446. The summed E-state index contributed by atoms with van der Waals surface area (Å²) in [7, 11) is 3.79. The molecule has 104 valence electrons. The molecule has 0 fully saturated rings. The lowest BCUT2D eigenvalue weighted by atomic mass is 10.1. The summed E-state index contributed by atoms with van der Waals surface area (Å²) < 4.78 is 0. The lowest BCUT2D eigenvalue weighted by Gasteiger charge is -2.17. The first-order valence-electron chi connectivity index (χ1n) is 6.16. The highest BCUT2D eigenvalue weighted by Gasteiger charge is 2.10. The van der Waals surface area contributed by atoms with Gasteiger partial charge in [0.1, 0.15) is 0 Å². The van der Waals surface area contributed by atoms with Crippen molar-refractivity contribution >= 4 is 18.1 Å². The third kappa shape index (κ3) is 4.95. The van der Waals surface area contributed by atoms with Gasteiger partial charge in [0.15, 0.2) is 0 Å². The molecule has 0 aliphatic rings. The van der Waals surface area contributed by atoms with Crippen molar-refractivity contribution in [3.8, 4) is 0 Å². The molecular formula is C13H20N4O2. The summed E-state index contributed by atoms with van der Waals surface area (Å²) in [6.45, 7) is 2.75. The summed E-state index contributed by atoms with van der Waals surface area (Å²) in [4.78, 5) is 22.6. The number of hydrogen-bond acceptors (Lipinski definition) is 3. The van der Waals surface area contributed by atoms with Gasteiger partial charge in [-0.05, 0) is 25.0 Å². The van der Waals surface area contributed by atoms with E-state index in [2.05, 4.69) is 9.98 Å². The molecule has 0 bridgehead atoms. The van der Waals surface area contributed by atoms with E-state index in [9.17, 15) is 4.79 Å². The third-order valence-corrected chi connectivity index (χ3v) is 2.61. The van der Waals surface area contributed by atoms with Crippen LogP contribution in [0.15, 0.2) is 23.5 Å². The molecule has 0 aliphatic heterocycles. The van der Waals surface area contributed by atoms with Crippen molar-refractivity contribution in [1.29, 1.82) is 0 Å². The van der Waals surface area contributed by atoms with E-state index in [-0.39, 0.29) is 0 Å². The summed E-state index contributed by atoms with van der Waals surface area (Å²) in [5.41, 5.74) is 1.77. The largest absolute Gasteiger partial charge is 0.465 e. The van der Waals surface area contributed by atoms with Gasteiger partial charge >= 0.3 is 6.09 Å². The van der Waals surface area contributed by atoms with Crippen molar-refractivity contribution in [3.05, 3.63) is 24.0 Å². The maximum Gasteiger partial charge on any atom is 0.407 e. The molecule has 6 nitrogen and oxygen atoms in total. The average molecular weight is 264 g/mol. The zero-order chi connectivity index (χ0) is 14.3. The molecule has 0 unspecified atom stereocenters. The van der Waals surface area contributed by atoms with Crippen LogP contribution in [0.25, 0.3) is 0 Å². The van der Waals surface area contributed by atoms with E-state index in [0.29, 0.717) is 19.5 Å².